The molecule has 0 aliphatic heterocycles. The maximum Gasteiger partial charge on any atom is 0.325 e. The first kappa shape index (κ1) is 21.2. The maximum atomic E-state index is 11.9. The summed E-state index contributed by atoms with van der Waals surface area (Å²) in [5, 5.41) is 14.0. The van der Waals surface area contributed by atoms with Gasteiger partial charge in [0.2, 0.25) is 11.8 Å². The number of primary amides is 1. The maximum absolute atomic E-state index is 11.9. The Morgan fingerprint density at radius 3 is 2.26 bits per heavy atom. The van der Waals surface area contributed by atoms with E-state index in [1.165, 1.54) is 0 Å². The largest absolute Gasteiger partial charge is 0.480 e. The SMILES string of the molecule is CC(C)OC(=O)CNC(=O)[C@H](CS)N[C@@H](CCC(N)=O)C(=O)O. The molecule has 0 aromatic heterocycles. The second kappa shape index (κ2) is 10.8. The number of thiol groups is 1. The lowest BCUT2D eigenvalue weighted by molar-refractivity contribution is -0.148. The van der Waals surface area contributed by atoms with E-state index < -0.39 is 35.8 Å². The minimum Gasteiger partial charge on any atom is -0.480 e. The van der Waals surface area contributed by atoms with Crippen molar-refractivity contribution in [2.24, 2.45) is 5.73 Å². The van der Waals surface area contributed by atoms with Crippen LogP contribution in [-0.2, 0) is 23.9 Å². The summed E-state index contributed by atoms with van der Waals surface area (Å²) in [6, 6.07) is -2.08. The van der Waals surface area contributed by atoms with E-state index in [1.54, 1.807) is 13.8 Å². The zero-order valence-electron chi connectivity index (χ0n) is 13.1. The van der Waals surface area contributed by atoms with Gasteiger partial charge in [-0.2, -0.15) is 12.6 Å². The van der Waals surface area contributed by atoms with Crippen molar-refractivity contribution < 1.29 is 29.0 Å². The molecular weight excluding hydrogens is 326 g/mol. The zero-order chi connectivity index (χ0) is 18.0. The summed E-state index contributed by atoms with van der Waals surface area (Å²) in [5.41, 5.74) is 4.98. The van der Waals surface area contributed by atoms with Crippen LogP contribution in [-0.4, -0.2) is 59.3 Å². The van der Waals surface area contributed by atoms with Gasteiger partial charge in [-0.1, -0.05) is 0 Å². The molecule has 0 aromatic carbocycles. The van der Waals surface area contributed by atoms with Gasteiger partial charge in [0, 0.05) is 12.2 Å². The molecule has 0 aliphatic rings. The molecule has 0 spiro atoms. The number of nitrogens with one attached hydrogen (secondary N) is 2. The van der Waals surface area contributed by atoms with Gasteiger partial charge in [-0.15, -0.1) is 0 Å². The van der Waals surface area contributed by atoms with Crippen molar-refractivity contribution in [2.45, 2.75) is 44.9 Å². The summed E-state index contributed by atoms with van der Waals surface area (Å²) in [5.74, 6) is -3.04. The molecule has 9 nitrogen and oxygen atoms in total. The van der Waals surface area contributed by atoms with Crippen LogP contribution in [0.5, 0.6) is 0 Å². The van der Waals surface area contributed by atoms with Crippen LogP contribution < -0.4 is 16.4 Å². The fraction of sp³-hybridized carbons (Fsp3) is 0.692. The molecule has 0 saturated carbocycles. The molecule has 0 radical (unpaired) electrons. The second-order valence-corrected chi connectivity index (χ2v) is 5.42. The lowest BCUT2D eigenvalue weighted by Gasteiger charge is -2.21. The van der Waals surface area contributed by atoms with Gasteiger partial charge in [0.1, 0.15) is 12.6 Å². The Hall–Kier alpha value is -1.81. The van der Waals surface area contributed by atoms with E-state index in [9.17, 15) is 19.2 Å². The van der Waals surface area contributed by atoms with Gasteiger partial charge in [0.05, 0.1) is 12.1 Å². The molecule has 5 N–H and O–H groups in total. The van der Waals surface area contributed by atoms with Crippen LogP contribution in [0.1, 0.15) is 26.7 Å². The molecule has 0 aromatic rings. The third kappa shape index (κ3) is 9.74. The average Bonchev–Trinajstić information content (AvgIpc) is 2.43. The lowest BCUT2D eigenvalue weighted by Crippen LogP contribution is -2.52. The third-order valence-corrected chi connectivity index (χ3v) is 3.02. The van der Waals surface area contributed by atoms with Crippen LogP contribution in [0, 0.1) is 0 Å². The fourth-order valence-electron chi connectivity index (χ4n) is 1.61. The Labute approximate surface area is 139 Å². The molecule has 0 saturated heterocycles. The molecule has 0 unspecified atom stereocenters. The third-order valence-electron chi connectivity index (χ3n) is 2.65. The number of hydrogen-bond donors (Lipinski definition) is 5. The number of aliphatic carboxylic acids is 1. The van der Waals surface area contributed by atoms with Crippen molar-refractivity contribution in [3.05, 3.63) is 0 Å². The molecule has 132 valence electrons. The topological polar surface area (TPSA) is 148 Å². The highest BCUT2D eigenvalue weighted by Gasteiger charge is 2.26. The minimum absolute atomic E-state index is 0.00537. The number of esters is 1. The summed E-state index contributed by atoms with van der Waals surface area (Å²) >= 11 is 3.98. The summed E-state index contributed by atoms with van der Waals surface area (Å²) in [7, 11) is 0. The fourth-order valence-corrected chi connectivity index (χ4v) is 1.88. The second-order valence-electron chi connectivity index (χ2n) is 5.05. The number of carbonyl (C=O) groups is 4. The van der Waals surface area contributed by atoms with Gasteiger partial charge >= 0.3 is 11.9 Å². The van der Waals surface area contributed by atoms with Gasteiger partial charge in [-0.25, -0.2) is 0 Å². The van der Waals surface area contributed by atoms with Crippen LogP contribution in [0.2, 0.25) is 0 Å². The number of nitrogens with two attached hydrogens (primary N) is 1. The molecule has 0 rings (SSSR count). The minimum atomic E-state index is -1.22. The lowest BCUT2D eigenvalue weighted by atomic mass is 10.1. The van der Waals surface area contributed by atoms with Gasteiger partial charge in [0.25, 0.3) is 0 Å². The van der Waals surface area contributed by atoms with E-state index in [0.717, 1.165) is 0 Å². The number of carbonyl (C=O) groups excluding carboxylic acids is 3. The van der Waals surface area contributed by atoms with Crippen LogP contribution in [0.25, 0.3) is 0 Å². The van der Waals surface area contributed by atoms with E-state index in [2.05, 4.69) is 23.3 Å². The van der Waals surface area contributed by atoms with Crippen molar-refractivity contribution in [1.82, 2.24) is 10.6 Å². The Kier molecular flexibility index (Phi) is 9.99. The summed E-state index contributed by atoms with van der Waals surface area (Å²) < 4.78 is 4.86. The summed E-state index contributed by atoms with van der Waals surface area (Å²) in [6.45, 7) is 3.02. The molecule has 2 amide bonds. The number of carboxylic acids is 1. The van der Waals surface area contributed by atoms with Crippen molar-refractivity contribution in [3.8, 4) is 0 Å². The van der Waals surface area contributed by atoms with Crippen LogP contribution >= 0.6 is 12.6 Å². The Bertz CT molecular complexity index is 443. The van der Waals surface area contributed by atoms with E-state index >= 15 is 0 Å². The zero-order valence-corrected chi connectivity index (χ0v) is 14.0. The van der Waals surface area contributed by atoms with Crippen molar-refractivity contribution >= 4 is 36.4 Å². The standard InChI is InChI=1S/C13H23N3O6S/c1-7(2)22-11(18)5-15-12(19)9(6-23)16-8(13(20)21)3-4-10(14)17/h7-9,16,23H,3-6H2,1-2H3,(H2,14,17)(H,15,19)(H,20,21)/t8-,9-/m0/s1. The van der Waals surface area contributed by atoms with Crippen LogP contribution in [0.4, 0.5) is 0 Å². The van der Waals surface area contributed by atoms with Gasteiger partial charge in [0.15, 0.2) is 0 Å². The average molecular weight is 349 g/mol. The van der Waals surface area contributed by atoms with E-state index in [4.69, 9.17) is 15.6 Å². The first-order valence-corrected chi connectivity index (χ1v) is 7.65. The first-order chi connectivity index (χ1) is 10.7. The summed E-state index contributed by atoms with van der Waals surface area (Å²) in [4.78, 5) is 45.2. The number of hydrogen-bond acceptors (Lipinski definition) is 7. The first-order valence-electron chi connectivity index (χ1n) is 7.02. The molecule has 0 aliphatic carbocycles. The van der Waals surface area contributed by atoms with Gasteiger partial charge in [-0.05, 0) is 20.3 Å². The number of ether oxygens (including phenoxy) is 1. The van der Waals surface area contributed by atoms with Crippen LogP contribution in [0.15, 0.2) is 0 Å². The van der Waals surface area contributed by atoms with E-state index in [1.807, 2.05) is 0 Å². The van der Waals surface area contributed by atoms with Crippen molar-refractivity contribution in [2.75, 3.05) is 12.3 Å². The highest BCUT2D eigenvalue weighted by molar-refractivity contribution is 7.80. The molecule has 2 atom stereocenters. The summed E-state index contributed by atoms with van der Waals surface area (Å²) in [6.07, 6.45) is -0.494. The van der Waals surface area contributed by atoms with Crippen molar-refractivity contribution in [1.29, 1.82) is 0 Å². The predicted molar refractivity (Wildman–Crippen MR) is 84.9 cm³/mol. The molecule has 0 bridgehead atoms. The highest BCUT2D eigenvalue weighted by Crippen LogP contribution is 2.01. The molecular formula is C13H23N3O6S. The molecule has 23 heavy (non-hydrogen) atoms. The monoisotopic (exact) mass is 349 g/mol. The Morgan fingerprint density at radius 1 is 1.22 bits per heavy atom. The van der Waals surface area contributed by atoms with E-state index in [-0.39, 0.29) is 31.2 Å². The molecule has 0 fully saturated rings. The Morgan fingerprint density at radius 2 is 1.83 bits per heavy atom. The van der Waals surface area contributed by atoms with Gasteiger partial charge in [-0.3, -0.25) is 24.5 Å². The molecule has 0 heterocycles. The van der Waals surface area contributed by atoms with E-state index in [0.29, 0.717) is 0 Å². The molecule has 10 heteroatoms. The quantitative estimate of drug-likeness (QED) is 0.229. The predicted octanol–water partition coefficient (Wildman–Crippen LogP) is -1.34. The smallest absolute Gasteiger partial charge is 0.325 e. The van der Waals surface area contributed by atoms with Crippen LogP contribution in [0.3, 0.4) is 0 Å². The number of rotatable bonds is 11. The van der Waals surface area contributed by atoms with Gasteiger partial charge < -0.3 is 20.9 Å². The number of amides is 2. The highest BCUT2D eigenvalue weighted by atomic mass is 32.1. The number of carboxylic acid groups (broad SMARTS) is 1. The Balaban J connectivity index is 4.53. The van der Waals surface area contributed by atoms with Crippen molar-refractivity contribution in [3.63, 3.8) is 0 Å². The normalized spacial score (nSPS) is 13.2.